The molecule has 0 unspecified atom stereocenters. The Bertz CT molecular complexity index is 774. The maximum atomic E-state index is 12.5. The molecule has 2 aromatic rings. The fourth-order valence-electron chi connectivity index (χ4n) is 3.77. The molecule has 1 aromatic heterocycles. The van der Waals surface area contributed by atoms with E-state index in [1.807, 2.05) is 19.1 Å². The van der Waals surface area contributed by atoms with Crippen LogP contribution in [0.15, 0.2) is 23.0 Å². The zero-order valence-electron chi connectivity index (χ0n) is 13.2. The second-order valence-electron chi connectivity index (χ2n) is 6.49. The molecule has 0 saturated carbocycles. The quantitative estimate of drug-likeness (QED) is 0.800. The van der Waals surface area contributed by atoms with Crippen LogP contribution < -0.4 is 10.5 Å². The third-order valence-corrected chi connectivity index (χ3v) is 5.27. The zero-order valence-corrected chi connectivity index (χ0v) is 13.2. The van der Waals surface area contributed by atoms with Crippen molar-refractivity contribution < 1.29 is 0 Å². The summed E-state index contributed by atoms with van der Waals surface area (Å²) in [4.78, 5) is 22.1. The van der Waals surface area contributed by atoms with Crippen molar-refractivity contribution in [2.24, 2.45) is 7.05 Å². The number of fused-ring (bicyclic) bond motifs is 5. The van der Waals surface area contributed by atoms with Gasteiger partial charge in [-0.05, 0) is 38.0 Å². The molecular weight excluding hydrogens is 276 g/mol. The van der Waals surface area contributed by atoms with Crippen LogP contribution in [0, 0.1) is 6.92 Å². The Hall–Kier alpha value is -1.88. The van der Waals surface area contributed by atoms with Crippen LogP contribution in [0.2, 0.25) is 0 Å². The second-order valence-corrected chi connectivity index (χ2v) is 6.49. The molecule has 3 aliphatic heterocycles. The third-order valence-electron chi connectivity index (χ3n) is 5.27. The molecule has 4 heterocycles. The molecule has 3 saturated heterocycles. The smallest absolute Gasteiger partial charge is 0.261 e. The van der Waals surface area contributed by atoms with E-state index in [1.54, 1.807) is 11.6 Å². The highest BCUT2D eigenvalue weighted by atomic mass is 16.1. The van der Waals surface area contributed by atoms with Crippen LogP contribution in [0.4, 0.5) is 5.69 Å². The molecule has 0 N–H and O–H groups in total. The van der Waals surface area contributed by atoms with Gasteiger partial charge in [-0.25, -0.2) is 4.98 Å². The van der Waals surface area contributed by atoms with Crippen molar-refractivity contribution in [1.82, 2.24) is 14.5 Å². The lowest BCUT2D eigenvalue weighted by Crippen LogP contribution is -2.38. The highest BCUT2D eigenvalue weighted by molar-refractivity contribution is 5.82. The van der Waals surface area contributed by atoms with E-state index in [-0.39, 0.29) is 5.56 Å². The number of piperidine rings is 1. The third kappa shape index (κ3) is 2.11. The summed E-state index contributed by atoms with van der Waals surface area (Å²) in [5, 5.41) is 0.727. The molecule has 0 spiro atoms. The summed E-state index contributed by atoms with van der Waals surface area (Å²) in [6, 6.07) is 6.77. The molecule has 0 radical (unpaired) electrons. The predicted molar refractivity (Wildman–Crippen MR) is 88.5 cm³/mol. The van der Waals surface area contributed by atoms with Crippen LogP contribution >= 0.6 is 0 Å². The summed E-state index contributed by atoms with van der Waals surface area (Å²) in [6.45, 7) is 6.46. The average molecular weight is 298 g/mol. The van der Waals surface area contributed by atoms with Crippen LogP contribution in [0.5, 0.6) is 0 Å². The minimum atomic E-state index is 0.0484. The highest BCUT2D eigenvalue weighted by Gasteiger charge is 2.29. The van der Waals surface area contributed by atoms with Crippen LogP contribution in [-0.4, -0.2) is 46.7 Å². The Morgan fingerprint density at radius 3 is 2.68 bits per heavy atom. The zero-order chi connectivity index (χ0) is 15.3. The van der Waals surface area contributed by atoms with Gasteiger partial charge in [-0.3, -0.25) is 9.36 Å². The molecule has 22 heavy (non-hydrogen) atoms. The number of hydrogen-bond acceptors (Lipinski definition) is 4. The summed E-state index contributed by atoms with van der Waals surface area (Å²) < 4.78 is 1.63. The summed E-state index contributed by atoms with van der Waals surface area (Å²) in [7, 11) is 1.79. The van der Waals surface area contributed by atoms with Gasteiger partial charge in [-0.15, -0.1) is 0 Å². The van der Waals surface area contributed by atoms with Crippen molar-refractivity contribution in [2.45, 2.75) is 25.8 Å². The van der Waals surface area contributed by atoms with E-state index < -0.39 is 0 Å². The van der Waals surface area contributed by atoms with Gasteiger partial charge in [0.15, 0.2) is 0 Å². The highest BCUT2D eigenvalue weighted by Crippen LogP contribution is 2.28. The summed E-state index contributed by atoms with van der Waals surface area (Å²) in [6.07, 6.45) is 2.45. The lowest BCUT2D eigenvalue weighted by Gasteiger charge is -2.33. The van der Waals surface area contributed by atoms with Crippen molar-refractivity contribution in [3.8, 4) is 0 Å². The number of anilines is 1. The van der Waals surface area contributed by atoms with Gasteiger partial charge in [0, 0.05) is 45.0 Å². The molecule has 5 heteroatoms. The fourth-order valence-corrected chi connectivity index (χ4v) is 3.77. The lowest BCUT2D eigenvalue weighted by molar-refractivity contribution is 0.250. The van der Waals surface area contributed by atoms with Crippen molar-refractivity contribution in [1.29, 1.82) is 0 Å². The summed E-state index contributed by atoms with van der Waals surface area (Å²) in [5.41, 5.74) is 2.02. The van der Waals surface area contributed by atoms with Crippen LogP contribution in [0.1, 0.15) is 18.7 Å². The number of benzene rings is 1. The molecule has 3 fully saturated rings. The molecule has 0 aliphatic carbocycles. The Morgan fingerprint density at radius 2 is 1.91 bits per heavy atom. The van der Waals surface area contributed by atoms with E-state index in [2.05, 4.69) is 20.9 Å². The molecule has 5 rings (SSSR count). The minimum absolute atomic E-state index is 0.0484. The van der Waals surface area contributed by atoms with Crippen LogP contribution in [0.25, 0.3) is 10.9 Å². The Morgan fingerprint density at radius 1 is 1.14 bits per heavy atom. The topological polar surface area (TPSA) is 41.4 Å². The first-order chi connectivity index (χ1) is 10.6. The van der Waals surface area contributed by atoms with E-state index in [4.69, 9.17) is 0 Å². The van der Waals surface area contributed by atoms with Gasteiger partial charge < -0.3 is 9.80 Å². The maximum absolute atomic E-state index is 12.5. The first-order valence-electron chi connectivity index (χ1n) is 8.10. The molecule has 3 aliphatic rings. The largest absolute Gasteiger partial charge is 0.367 e. The molecule has 1 aromatic carbocycles. The average Bonchev–Trinajstić information content (AvgIpc) is 2.86. The Labute approximate surface area is 130 Å². The molecule has 116 valence electrons. The van der Waals surface area contributed by atoms with E-state index >= 15 is 0 Å². The Balaban J connectivity index is 1.81. The first-order valence-corrected chi connectivity index (χ1v) is 8.10. The molecule has 2 bridgehead atoms. The van der Waals surface area contributed by atoms with Gasteiger partial charge in [-0.1, -0.05) is 0 Å². The van der Waals surface area contributed by atoms with E-state index in [1.165, 1.54) is 31.6 Å². The van der Waals surface area contributed by atoms with Crippen molar-refractivity contribution in [2.75, 3.05) is 31.1 Å². The second kappa shape index (κ2) is 5.09. The SMILES string of the molecule is Cc1nc2ccc(N3CCN4CCC3CC4)cc2c(=O)n1C. The molecule has 5 nitrogen and oxygen atoms in total. The number of nitrogens with zero attached hydrogens (tertiary/aromatic N) is 4. The lowest BCUT2D eigenvalue weighted by atomic mass is 10.0. The van der Waals surface area contributed by atoms with Gasteiger partial charge in [-0.2, -0.15) is 0 Å². The molecular formula is C17H22N4O. The number of rotatable bonds is 1. The van der Waals surface area contributed by atoms with Gasteiger partial charge in [0.25, 0.3) is 5.56 Å². The van der Waals surface area contributed by atoms with E-state index in [0.29, 0.717) is 6.04 Å². The summed E-state index contributed by atoms with van der Waals surface area (Å²) in [5.74, 6) is 0.756. The van der Waals surface area contributed by atoms with Gasteiger partial charge in [0.1, 0.15) is 5.82 Å². The van der Waals surface area contributed by atoms with Crippen molar-refractivity contribution in [3.05, 3.63) is 34.4 Å². The molecule has 0 atom stereocenters. The van der Waals surface area contributed by atoms with Crippen LogP contribution in [-0.2, 0) is 7.05 Å². The van der Waals surface area contributed by atoms with Gasteiger partial charge in [0.05, 0.1) is 10.9 Å². The van der Waals surface area contributed by atoms with Crippen molar-refractivity contribution in [3.63, 3.8) is 0 Å². The summed E-state index contributed by atoms with van der Waals surface area (Å²) >= 11 is 0. The predicted octanol–water partition coefficient (Wildman–Crippen LogP) is 1.53. The fraction of sp³-hybridized carbons (Fsp3) is 0.529. The van der Waals surface area contributed by atoms with Gasteiger partial charge >= 0.3 is 0 Å². The van der Waals surface area contributed by atoms with Gasteiger partial charge in [0.2, 0.25) is 0 Å². The molecule has 0 amide bonds. The minimum Gasteiger partial charge on any atom is -0.367 e. The first kappa shape index (κ1) is 13.8. The van der Waals surface area contributed by atoms with E-state index in [0.717, 1.165) is 29.8 Å². The standard InChI is InChI=1S/C17H22N4O/c1-12-18-16-4-3-14(11-15(16)17(22)19(12)2)21-10-9-20-7-5-13(21)6-8-20/h3-4,11,13H,5-10H2,1-2H3. The number of hydrogen-bond donors (Lipinski definition) is 0. The normalized spacial score (nSPS) is 24.7. The number of aromatic nitrogens is 2. The van der Waals surface area contributed by atoms with Crippen molar-refractivity contribution >= 4 is 16.6 Å². The van der Waals surface area contributed by atoms with Crippen LogP contribution in [0.3, 0.4) is 0 Å². The maximum Gasteiger partial charge on any atom is 0.261 e. The number of aryl methyl sites for hydroxylation is 1. The van der Waals surface area contributed by atoms with E-state index in [9.17, 15) is 4.79 Å². The monoisotopic (exact) mass is 298 g/mol. The Kier molecular flexibility index (Phi) is 3.18.